The second-order valence-corrected chi connectivity index (χ2v) is 6.67. The van der Waals surface area contributed by atoms with Gasteiger partial charge in [-0.3, -0.25) is 9.78 Å². The molecule has 1 atom stereocenters. The van der Waals surface area contributed by atoms with Crippen molar-refractivity contribution in [3.63, 3.8) is 0 Å². The minimum atomic E-state index is -0.319. The largest absolute Gasteiger partial charge is 0.493 e. The summed E-state index contributed by atoms with van der Waals surface area (Å²) in [4.78, 5) is 19.0. The Kier molecular flexibility index (Phi) is 8.02. The Labute approximate surface area is 176 Å². The molecule has 0 bridgehead atoms. The summed E-state index contributed by atoms with van der Waals surface area (Å²) in [5.41, 5.74) is 7.49. The normalized spacial score (nSPS) is 16.5. The van der Waals surface area contributed by atoms with Crippen molar-refractivity contribution in [2.24, 2.45) is 5.73 Å². The Morgan fingerprint density at radius 3 is 2.76 bits per heavy atom. The van der Waals surface area contributed by atoms with Crippen LogP contribution in [0.2, 0.25) is 0 Å². The first kappa shape index (κ1) is 22.7. The van der Waals surface area contributed by atoms with E-state index in [1.165, 1.54) is 0 Å². The maximum Gasteiger partial charge on any atom is 0.162 e. The maximum atomic E-state index is 12.4. The van der Waals surface area contributed by atoms with Gasteiger partial charge in [0.2, 0.25) is 0 Å². The molecule has 0 saturated carbocycles. The average molecular weight is 420 g/mol. The highest BCUT2D eigenvalue weighted by molar-refractivity contribution is 5.97. The third-order valence-electron chi connectivity index (χ3n) is 4.96. The van der Waals surface area contributed by atoms with Crippen LogP contribution in [0.3, 0.4) is 0 Å². The van der Waals surface area contributed by atoms with Crippen molar-refractivity contribution < 1.29 is 14.3 Å². The van der Waals surface area contributed by atoms with Crippen molar-refractivity contribution in [2.45, 2.75) is 18.9 Å². The molecule has 3 rings (SSSR count). The molecular formula is C20H26ClN5O3. The minimum Gasteiger partial charge on any atom is -0.493 e. The van der Waals surface area contributed by atoms with E-state index in [4.69, 9.17) is 15.2 Å². The number of nitriles is 1. The topological polar surface area (TPSA) is 114 Å². The Bertz CT molecular complexity index is 915. The number of Topliss-reactive ketones (excluding diaryl/α,β-unsaturated/α-hetero) is 1. The second-order valence-electron chi connectivity index (χ2n) is 6.67. The predicted molar refractivity (Wildman–Crippen MR) is 114 cm³/mol. The van der Waals surface area contributed by atoms with Gasteiger partial charge in [0.1, 0.15) is 6.07 Å². The summed E-state index contributed by atoms with van der Waals surface area (Å²) in [6, 6.07) is 5.56. The molecule has 0 spiro atoms. The molecule has 9 heteroatoms. The number of pyridine rings is 1. The van der Waals surface area contributed by atoms with Gasteiger partial charge in [0, 0.05) is 37.2 Å². The summed E-state index contributed by atoms with van der Waals surface area (Å²) in [7, 11) is 3.14. The van der Waals surface area contributed by atoms with Gasteiger partial charge < -0.3 is 25.4 Å². The van der Waals surface area contributed by atoms with Crippen LogP contribution < -0.4 is 25.4 Å². The Morgan fingerprint density at radius 1 is 1.38 bits per heavy atom. The lowest BCUT2D eigenvalue weighted by atomic mass is 10.1. The number of hydrogen-bond acceptors (Lipinski definition) is 8. The molecule has 2 aromatic rings. The van der Waals surface area contributed by atoms with Gasteiger partial charge in [-0.05, 0) is 25.6 Å². The number of nitrogens with one attached hydrogen (secondary N) is 1. The van der Waals surface area contributed by atoms with Crippen LogP contribution >= 0.6 is 12.4 Å². The molecule has 3 N–H and O–H groups in total. The zero-order chi connectivity index (χ0) is 20.1. The fourth-order valence-electron chi connectivity index (χ4n) is 3.59. The molecule has 1 aliphatic heterocycles. The van der Waals surface area contributed by atoms with Crippen LogP contribution in [0.25, 0.3) is 10.9 Å². The van der Waals surface area contributed by atoms with Gasteiger partial charge in [-0.25, -0.2) is 0 Å². The van der Waals surface area contributed by atoms with Crippen molar-refractivity contribution in [1.29, 1.82) is 5.26 Å². The summed E-state index contributed by atoms with van der Waals surface area (Å²) in [6.45, 7) is 2.26. The average Bonchev–Trinajstić information content (AvgIpc) is 2.98. The lowest BCUT2D eigenvalue weighted by Gasteiger charge is -2.28. The summed E-state index contributed by atoms with van der Waals surface area (Å²) >= 11 is 0. The lowest BCUT2D eigenvalue weighted by molar-refractivity contribution is -0.120. The van der Waals surface area contributed by atoms with Gasteiger partial charge in [-0.15, -0.1) is 12.4 Å². The van der Waals surface area contributed by atoms with Crippen molar-refractivity contribution in [3.05, 3.63) is 23.9 Å². The van der Waals surface area contributed by atoms with E-state index in [1.807, 2.05) is 6.07 Å². The van der Waals surface area contributed by atoms with Gasteiger partial charge in [0.05, 0.1) is 37.0 Å². The number of carbonyl (C=O) groups is 1. The quantitative estimate of drug-likeness (QED) is 0.726. The van der Waals surface area contributed by atoms with E-state index in [-0.39, 0.29) is 24.2 Å². The van der Waals surface area contributed by atoms with E-state index in [9.17, 15) is 10.1 Å². The number of halogens is 1. The number of benzene rings is 1. The summed E-state index contributed by atoms with van der Waals surface area (Å²) < 4.78 is 10.8. The minimum absolute atomic E-state index is 0. The van der Waals surface area contributed by atoms with Crippen molar-refractivity contribution in [2.75, 3.05) is 45.3 Å². The molecule has 8 nitrogen and oxygen atoms in total. The molecule has 2 heterocycles. The maximum absolute atomic E-state index is 12.4. The number of carbonyl (C=O) groups excluding carboxylic acids is 1. The molecule has 0 amide bonds. The third-order valence-corrected chi connectivity index (χ3v) is 4.96. The van der Waals surface area contributed by atoms with Crippen molar-refractivity contribution >= 4 is 34.8 Å². The van der Waals surface area contributed by atoms with Crippen LogP contribution in [0.5, 0.6) is 11.5 Å². The zero-order valence-electron chi connectivity index (χ0n) is 16.6. The van der Waals surface area contributed by atoms with Crippen LogP contribution in [0.1, 0.15) is 18.4 Å². The standard InChI is InChI=1S/C20H25N5O3.ClH/c1-27-18-8-14-15(9-19(18)28-2)24-11-13(10-22)20(14)25-7-3-6-23-16(12-25)17(26)4-5-21;/h8-9,11,16,23H,3-7,12,21H2,1-2H3;1H. The first-order valence-corrected chi connectivity index (χ1v) is 9.28. The SMILES string of the molecule is COc1cc2ncc(C#N)c(N3CCCNC(C(=O)CCN)C3)c2cc1OC.Cl. The molecule has 1 aliphatic rings. The van der Waals surface area contributed by atoms with Crippen LogP contribution in [0.4, 0.5) is 5.69 Å². The Morgan fingerprint density at radius 2 is 2.10 bits per heavy atom. The summed E-state index contributed by atoms with van der Waals surface area (Å²) in [5.74, 6) is 1.23. The van der Waals surface area contributed by atoms with Crippen molar-refractivity contribution in [1.82, 2.24) is 10.3 Å². The number of ether oxygens (including phenoxy) is 2. The molecule has 0 radical (unpaired) electrons. The van der Waals surface area contributed by atoms with E-state index in [1.54, 1.807) is 26.5 Å². The van der Waals surface area contributed by atoms with Gasteiger partial charge in [-0.1, -0.05) is 0 Å². The van der Waals surface area contributed by atoms with E-state index < -0.39 is 0 Å². The summed E-state index contributed by atoms with van der Waals surface area (Å²) in [6.07, 6.45) is 2.76. The van der Waals surface area contributed by atoms with E-state index in [0.717, 1.165) is 30.6 Å². The molecule has 1 aromatic carbocycles. The third kappa shape index (κ3) is 4.70. The number of methoxy groups -OCH3 is 2. The van der Waals surface area contributed by atoms with Crippen molar-refractivity contribution in [3.8, 4) is 17.6 Å². The van der Waals surface area contributed by atoms with Crippen LogP contribution in [0, 0.1) is 11.3 Å². The van der Waals surface area contributed by atoms with E-state index in [2.05, 4.69) is 21.3 Å². The highest BCUT2D eigenvalue weighted by atomic mass is 35.5. The molecule has 1 saturated heterocycles. The highest BCUT2D eigenvalue weighted by Gasteiger charge is 2.26. The number of nitrogens with two attached hydrogens (primary N) is 1. The van der Waals surface area contributed by atoms with Gasteiger partial charge in [-0.2, -0.15) is 5.26 Å². The monoisotopic (exact) mass is 419 g/mol. The first-order chi connectivity index (χ1) is 13.6. The molecule has 0 aliphatic carbocycles. The Hall–Kier alpha value is -2.60. The van der Waals surface area contributed by atoms with E-state index >= 15 is 0 Å². The second kappa shape index (κ2) is 10.3. The lowest BCUT2D eigenvalue weighted by Crippen LogP contribution is -2.44. The van der Waals surface area contributed by atoms with Gasteiger partial charge in [0.25, 0.3) is 0 Å². The molecular weight excluding hydrogens is 394 g/mol. The van der Waals surface area contributed by atoms with Crippen LogP contribution in [-0.2, 0) is 4.79 Å². The summed E-state index contributed by atoms with van der Waals surface area (Å²) in [5, 5.41) is 13.8. The van der Waals surface area contributed by atoms with Crippen LogP contribution in [0.15, 0.2) is 18.3 Å². The zero-order valence-corrected chi connectivity index (χ0v) is 17.4. The number of hydrogen-bond donors (Lipinski definition) is 2. The molecule has 1 fully saturated rings. The Balaban J connectivity index is 0.00000300. The number of anilines is 1. The fourth-order valence-corrected chi connectivity index (χ4v) is 3.59. The fraction of sp³-hybridized carbons (Fsp3) is 0.450. The van der Waals surface area contributed by atoms with Gasteiger partial charge >= 0.3 is 0 Å². The molecule has 1 unspecified atom stereocenters. The first-order valence-electron chi connectivity index (χ1n) is 9.28. The number of ketones is 1. The molecule has 1 aromatic heterocycles. The van der Waals surface area contributed by atoms with E-state index in [0.29, 0.717) is 42.1 Å². The molecule has 29 heavy (non-hydrogen) atoms. The number of nitrogens with zero attached hydrogens (tertiary/aromatic N) is 3. The smallest absolute Gasteiger partial charge is 0.162 e. The van der Waals surface area contributed by atoms with Gasteiger partial charge in [0.15, 0.2) is 17.3 Å². The predicted octanol–water partition coefficient (Wildman–Crippen LogP) is 1.63. The number of aromatic nitrogens is 1. The number of fused-ring (bicyclic) bond motifs is 1. The highest BCUT2D eigenvalue weighted by Crippen LogP contribution is 2.37. The van der Waals surface area contributed by atoms with Crippen LogP contribution in [-0.4, -0.2) is 57.2 Å². The number of rotatable bonds is 6. The molecule has 156 valence electrons.